The van der Waals surface area contributed by atoms with Crippen LogP contribution in [-0.4, -0.2) is 33.2 Å². The Morgan fingerprint density at radius 3 is 2.72 bits per heavy atom. The normalized spacial score (nSPS) is 15.2. The van der Waals surface area contributed by atoms with Crippen LogP contribution in [0.4, 0.5) is 11.9 Å². The minimum atomic E-state index is -0.407. The molecule has 2 amide bonds. The number of aromatic nitrogens is 3. The number of ether oxygens (including phenoxy) is 1. The first kappa shape index (κ1) is 20.0. The summed E-state index contributed by atoms with van der Waals surface area (Å²) in [7, 11) is 0. The number of carbonyl (C=O) groups is 2. The molecule has 0 saturated carbocycles. The smallest absolute Gasteiger partial charge is 0.264 e. The van der Waals surface area contributed by atoms with E-state index in [9.17, 15) is 9.59 Å². The standard InChI is InChI=1S/C23H18ClN5O3/c24-17-8-5-15(6-9-17)19-12-20(30)26-23-27-22(28-29(19)23)25-21(31)13-32-18-10-7-14-3-1-2-4-16(14)11-18/h1-11,19H,12-13H2,(H2,25,26,27,28,30,31)/t19-/m0/s1. The first-order valence-corrected chi connectivity index (χ1v) is 10.4. The number of halogens is 1. The van der Waals surface area contributed by atoms with Crippen molar-refractivity contribution in [3.8, 4) is 5.75 Å². The summed E-state index contributed by atoms with van der Waals surface area (Å²) in [5, 5.41) is 12.4. The molecule has 1 aliphatic rings. The zero-order valence-corrected chi connectivity index (χ0v) is 17.5. The van der Waals surface area contributed by atoms with Gasteiger partial charge in [-0.2, -0.15) is 4.98 Å². The van der Waals surface area contributed by atoms with Crippen LogP contribution in [0.15, 0.2) is 66.7 Å². The Kier molecular flexibility index (Phi) is 5.20. The quantitative estimate of drug-likeness (QED) is 0.481. The third kappa shape index (κ3) is 4.13. The number of rotatable bonds is 5. The van der Waals surface area contributed by atoms with Crippen LogP contribution in [0.2, 0.25) is 5.02 Å². The number of anilines is 2. The van der Waals surface area contributed by atoms with Gasteiger partial charge in [-0.15, -0.1) is 5.10 Å². The van der Waals surface area contributed by atoms with Gasteiger partial charge in [0, 0.05) is 5.02 Å². The maximum atomic E-state index is 12.4. The van der Waals surface area contributed by atoms with Crippen molar-refractivity contribution < 1.29 is 14.3 Å². The van der Waals surface area contributed by atoms with Crippen molar-refractivity contribution in [3.05, 3.63) is 77.3 Å². The van der Waals surface area contributed by atoms with Crippen LogP contribution < -0.4 is 15.4 Å². The maximum absolute atomic E-state index is 12.4. The van der Waals surface area contributed by atoms with Crippen LogP contribution >= 0.6 is 11.6 Å². The topological polar surface area (TPSA) is 98.1 Å². The molecule has 9 heteroatoms. The Morgan fingerprint density at radius 1 is 1.12 bits per heavy atom. The Hall–Kier alpha value is -3.91. The summed E-state index contributed by atoms with van der Waals surface area (Å²) in [6.07, 6.45) is 0.205. The lowest BCUT2D eigenvalue weighted by Gasteiger charge is -2.23. The average Bonchev–Trinajstić information content (AvgIpc) is 3.19. The Morgan fingerprint density at radius 2 is 1.91 bits per heavy atom. The van der Waals surface area contributed by atoms with Gasteiger partial charge in [-0.3, -0.25) is 20.2 Å². The Labute approximate surface area is 188 Å². The lowest BCUT2D eigenvalue weighted by molar-refractivity contribution is -0.118. The van der Waals surface area contributed by atoms with Crippen molar-refractivity contribution in [1.82, 2.24) is 14.8 Å². The number of benzene rings is 3. The minimum Gasteiger partial charge on any atom is -0.484 e. The number of carbonyl (C=O) groups excluding carboxylic acids is 2. The molecule has 0 unspecified atom stereocenters. The molecule has 8 nitrogen and oxygen atoms in total. The van der Waals surface area contributed by atoms with E-state index < -0.39 is 5.91 Å². The number of fused-ring (bicyclic) bond motifs is 2. The summed E-state index contributed by atoms with van der Waals surface area (Å²) in [6.45, 7) is -0.199. The predicted molar refractivity (Wildman–Crippen MR) is 121 cm³/mol. The van der Waals surface area contributed by atoms with Gasteiger partial charge in [0.25, 0.3) is 11.9 Å². The number of hydrogen-bond acceptors (Lipinski definition) is 5. The van der Waals surface area contributed by atoms with E-state index in [-0.39, 0.29) is 36.9 Å². The second kappa shape index (κ2) is 8.32. The summed E-state index contributed by atoms with van der Waals surface area (Å²) >= 11 is 5.97. The fourth-order valence-corrected chi connectivity index (χ4v) is 3.75. The molecule has 2 N–H and O–H groups in total. The fraction of sp³-hybridized carbons (Fsp3) is 0.130. The van der Waals surface area contributed by atoms with Gasteiger partial charge in [0.1, 0.15) is 5.75 Å². The molecule has 3 aromatic carbocycles. The minimum absolute atomic E-state index is 0.0910. The summed E-state index contributed by atoms with van der Waals surface area (Å²) in [4.78, 5) is 28.8. The molecule has 0 spiro atoms. The van der Waals surface area contributed by atoms with Crippen molar-refractivity contribution in [2.75, 3.05) is 17.2 Å². The molecule has 0 saturated heterocycles. The van der Waals surface area contributed by atoms with Crippen LogP contribution in [0.25, 0.3) is 10.8 Å². The Bertz CT molecular complexity index is 1320. The van der Waals surface area contributed by atoms with E-state index in [0.717, 1.165) is 16.3 Å². The van der Waals surface area contributed by atoms with E-state index in [2.05, 4.69) is 20.7 Å². The van der Waals surface area contributed by atoms with Crippen molar-refractivity contribution in [3.63, 3.8) is 0 Å². The molecule has 1 aromatic heterocycles. The summed E-state index contributed by atoms with van der Waals surface area (Å²) in [5.41, 5.74) is 0.868. The predicted octanol–water partition coefficient (Wildman–Crippen LogP) is 4.03. The molecule has 1 aliphatic heterocycles. The van der Waals surface area contributed by atoms with E-state index in [1.807, 2.05) is 54.6 Å². The fourth-order valence-electron chi connectivity index (χ4n) is 3.63. The molecule has 1 atom stereocenters. The molecular formula is C23H18ClN5O3. The van der Waals surface area contributed by atoms with Gasteiger partial charge in [-0.25, -0.2) is 4.68 Å². The maximum Gasteiger partial charge on any atom is 0.264 e. The SMILES string of the molecule is O=C(COc1ccc2ccccc2c1)Nc1nc2n(n1)[C@H](c1ccc(Cl)cc1)CC(=O)N2. The highest BCUT2D eigenvalue weighted by Gasteiger charge is 2.29. The first-order valence-electron chi connectivity index (χ1n) is 9.98. The molecule has 0 radical (unpaired) electrons. The van der Waals surface area contributed by atoms with Crippen molar-refractivity contribution in [1.29, 1.82) is 0 Å². The lowest BCUT2D eigenvalue weighted by atomic mass is 10.0. The molecule has 160 valence electrons. The van der Waals surface area contributed by atoms with Gasteiger partial charge in [-0.05, 0) is 40.6 Å². The molecule has 0 aliphatic carbocycles. The third-order valence-electron chi connectivity index (χ3n) is 5.15. The van der Waals surface area contributed by atoms with E-state index in [1.165, 1.54) is 0 Å². The molecule has 2 heterocycles. The second-order valence-electron chi connectivity index (χ2n) is 7.37. The summed E-state index contributed by atoms with van der Waals surface area (Å²) in [5.74, 6) is 0.365. The molecule has 5 rings (SSSR count). The number of nitrogens with zero attached hydrogens (tertiary/aromatic N) is 3. The molecule has 32 heavy (non-hydrogen) atoms. The van der Waals surface area contributed by atoms with Gasteiger partial charge >= 0.3 is 0 Å². The van der Waals surface area contributed by atoms with Crippen LogP contribution in [-0.2, 0) is 9.59 Å². The van der Waals surface area contributed by atoms with Crippen LogP contribution in [0.1, 0.15) is 18.0 Å². The highest BCUT2D eigenvalue weighted by Crippen LogP contribution is 2.30. The van der Waals surface area contributed by atoms with Gasteiger partial charge in [-0.1, -0.05) is 54.1 Å². The van der Waals surface area contributed by atoms with Crippen LogP contribution in [0, 0.1) is 0 Å². The highest BCUT2D eigenvalue weighted by molar-refractivity contribution is 6.30. The molecule has 0 fully saturated rings. The van der Waals surface area contributed by atoms with Crippen molar-refractivity contribution in [2.45, 2.75) is 12.5 Å². The van der Waals surface area contributed by atoms with E-state index in [1.54, 1.807) is 16.8 Å². The molecule has 0 bridgehead atoms. The van der Waals surface area contributed by atoms with Crippen molar-refractivity contribution in [2.24, 2.45) is 0 Å². The van der Waals surface area contributed by atoms with Gasteiger partial charge in [0.05, 0.1) is 12.5 Å². The number of hydrogen-bond donors (Lipinski definition) is 2. The first-order chi connectivity index (χ1) is 15.5. The van der Waals surface area contributed by atoms with Crippen LogP contribution in [0.5, 0.6) is 5.75 Å². The monoisotopic (exact) mass is 447 g/mol. The Balaban J connectivity index is 1.28. The van der Waals surface area contributed by atoms with Gasteiger partial charge in [0.15, 0.2) is 6.61 Å². The third-order valence-corrected chi connectivity index (χ3v) is 5.41. The second-order valence-corrected chi connectivity index (χ2v) is 7.81. The zero-order chi connectivity index (χ0) is 22.1. The van der Waals surface area contributed by atoms with E-state index >= 15 is 0 Å². The van der Waals surface area contributed by atoms with E-state index in [0.29, 0.717) is 10.8 Å². The van der Waals surface area contributed by atoms with Gasteiger partial charge in [0.2, 0.25) is 11.9 Å². The number of nitrogens with one attached hydrogen (secondary N) is 2. The largest absolute Gasteiger partial charge is 0.484 e. The number of amides is 2. The van der Waals surface area contributed by atoms with Crippen molar-refractivity contribution >= 4 is 46.1 Å². The van der Waals surface area contributed by atoms with Gasteiger partial charge < -0.3 is 4.74 Å². The summed E-state index contributed by atoms with van der Waals surface area (Å²) in [6, 6.07) is 20.4. The highest BCUT2D eigenvalue weighted by atomic mass is 35.5. The molecular weight excluding hydrogens is 430 g/mol. The lowest BCUT2D eigenvalue weighted by Crippen LogP contribution is -2.29. The van der Waals surface area contributed by atoms with Crippen LogP contribution in [0.3, 0.4) is 0 Å². The molecule has 4 aromatic rings. The zero-order valence-electron chi connectivity index (χ0n) is 16.8. The van der Waals surface area contributed by atoms with E-state index in [4.69, 9.17) is 16.3 Å². The summed E-state index contributed by atoms with van der Waals surface area (Å²) < 4.78 is 7.20. The average molecular weight is 448 g/mol.